The van der Waals surface area contributed by atoms with Crippen molar-refractivity contribution >= 4 is 34.3 Å². The number of hydrogen-bond acceptors (Lipinski definition) is 5. The van der Waals surface area contributed by atoms with Crippen LogP contribution in [0.1, 0.15) is 11.1 Å². The molecule has 0 bridgehead atoms. The van der Waals surface area contributed by atoms with Gasteiger partial charge in [0.05, 0.1) is 11.4 Å². The van der Waals surface area contributed by atoms with E-state index in [2.05, 4.69) is 15.2 Å². The Morgan fingerprint density at radius 1 is 1.09 bits per heavy atom. The third-order valence-electron chi connectivity index (χ3n) is 5.49. The molecule has 7 heteroatoms. The van der Waals surface area contributed by atoms with Crippen LogP contribution in [-0.4, -0.2) is 60.0 Å². The van der Waals surface area contributed by atoms with Crippen LogP contribution >= 0.6 is 0 Å². The minimum absolute atomic E-state index is 0.0712. The number of fused-ring (bicyclic) bond motifs is 2. The number of azo groups is 1. The summed E-state index contributed by atoms with van der Waals surface area (Å²) in [6.45, 7) is 3.49. The van der Waals surface area contributed by atoms with Gasteiger partial charge in [0.15, 0.2) is 5.88 Å². The van der Waals surface area contributed by atoms with Crippen molar-refractivity contribution in [1.82, 2.24) is 14.8 Å². The zero-order valence-electron chi connectivity index (χ0n) is 18.8. The van der Waals surface area contributed by atoms with Gasteiger partial charge >= 0.3 is 0 Å². The monoisotopic (exact) mass is 429 g/mol. The first-order chi connectivity index (χ1) is 15.3. The second-order valence-corrected chi connectivity index (χ2v) is 8.34. The van der Waals surface area contributed by atoms with Gasteiger partial charge in [0.25, 0.3) is 0 Å². The molecule has 3 aromatic rings. The Morgan fingerprint density at radius 3 is 2.69 bits per heavy atom. The Morgan fingerprint density at radius 2 is 1.91 bits per heavy atom. The van der Waals surface area contributed by atoms with E-state index in [-0.39, 0.29) is 11.8 Å². The van der Waals surface area contributed by atoms with Crippen molar-refractivity contribution in [2.24, 2.45) is 10.2 Å². The number of aromatic nitrogens is 1. The molecule has 4 rings (SSSR count). The molecule has 0 saturated heterocycles. The minimum Gasteiger partial charge on any atom is -0.494 e. The minimum atomic E-state index is -0.0712. The van der Waals surface area contributed by atoms with E-state index in [0.717, 1.165) is 44.7 Å². The number of aryl methyl sites for hydroxylation is 1. The molecule has 0 unspecified atom stereocenters. The fourth-order valence-corrected chi connectivity index (χ4v) is 3.59. The smallest absolute Gasteiger partial charge is 0.246 e. The van der Waals surface area contributed by atoms with Crippen molar-refractivity contribution in [2.45, 2.75) is 6.92 Å². The highest BCUT2D eigenvalue weighted by Gasteiger charge is 2.11. The van der Waals surface area contributed by atoms with Gasteiger partial charge in [0.2, 0.25) is 5.91 Å². The Bertz CT molecular complexity index is 1360. The predicted octanol–water partition coefficient (Wildman–Crippen LogP) is 2.79. The number of nitrogens with zero attached hydrogens (tertiary/aromatic N) is 4. The van der Waals surface area contributed by atoms with Crippen LogP contribution in [0.15, 0.2) is 58.8 Å². The largest absolute Gasteiger partial charge is 0.494 e. The number of hydrogen-bond donors (Lipinski definition) is 2. The van der Waals surface area contributed by atoms with Gasteiger partial charge in [-0.3, -0.25) is 4.79 Å². The Kier molecular flexibility index (Phi) is 5.92. The standard InChI is InChI=1S/C25H27N5O2/c1-16-5-8-21-19(13-16)20(25(32)26-21)14-17-6-7-18-22(27-28-23(18)15-17)9-10-24(31)30(4)12-11-29(2)3/h5-10,13-15,26,32H,11-12H2,1-4H3/b10-9-,17-14?. The normalized spacial score (nSPS) is 13.7. The molecule has 1 aliphatic heterocycles. The van der Waals surface area contributed by atoms with Crippen molar-refractivity contribution in [2.75, 3.05) is 34.2 Å². The summed E-state index contributed by atoms with van der Waals surface area (Å²) in [6.07, 6.45) is 5.17. The predicted molar refractivity (Wildman–Crippen MR) is 127 cm³/mol. The number of aromatic amines is 1. The van der Waals surface area contributed by atoms with Gasteiger partial charge < -0.3 is 19.9 Å². The highest BCUT2D eigenvalue weighted by Crippen LogP contribution is 2.28. The average molecular weight is 430 g/mol. The summed E-state index contributed by atoms with van der Waals surface area (Å²) in [4.78, 5) is 19.1. The summed E-state index contributed by atoms with van der Waals surface area (Å²) in [5, 5.41) is 21.6. The Hall–Kier alpha value is -3.71. The molecule has 7 nitrogen and oxygen atoms in total. The molecule has 0 aliphatic carbocycles. The first-order valence-corrected chi connectivity index (χ1v) is 10.5. The number of carbonyl (C=O) groups excluding carboxylic acids is 1. The van der Waals surface area contributed by atoms with Crippen molar-refractivity contribution < 1.29 is 9.90 Å². The Labute approximate surface area is 186 Å². The van der Waals surface area contributed by atoms with E-state index in [1.807, 2.05) is 68.4 Å². The van der Waals surface area contributed by atoms with Crippen LogP contribution in [0.4, 0.5) is 5.69 Å². The molecule has 2 heterocycles. The molecule has 2 N–H and O–H groups in total. The maximum absolute atomic E-state index is 12.3. The average Bonchev–Trinajstić information content (AvgIpc) is 3.30. The SMILES string of the molecule is Cc1ccc2[nH]c(O)c(C=c3ccc4c(c3)N=NC=4/C=C\C(=O)N(C)CCN(C)C)c2c1. The molecule has 2 aromatic carbocycles. The lowest BCUT2D eigenvalue weighted by atomic mass is 10.1. The van der Waals surface area contributed by atoms with Crippen LogP contribution < -0.4 is 10.4 Å². The summed E-state index contributed by atoms with van der Waals surface area (Å²) in [5.41, 5.74) is 4.16. The molecule has 0 radical (unpaired) electrons. The number of likely N-dealkylation sites (N-methyl/N-ethyl adjacent to an activating group) is 2. The lowest BCUT2D eigenvalue weighted by Gasteiger charge is -2.17. The number of benzene rings is 2. The van der Waals surface area contributed by atoms with E-state index >= 15 is 0 Å². The number of aromatic hydroxyl groups is 1. The number of rotatable bonds is 6. The van der Waals surface area contributed by atoms with Gasteiger partial charge in [-0.2, -0.15) is 0 Å². The zero-order valence-corrected chi connectivity index (χ0v) is 18.8. The second-order valence-electron chi connectivity index (χ2n) is 8.34. The lowest BCUT2D eigenvalue weighted by molar-refractivity contribution is -0.124. The van der Waals surface area contributed by atoms with Gasteiger partial charge in [-0.15, -0.1) is 10.2 Å². The van der Waals surface area contributed by atoms with Crippen molar-refractivity contribution in [1.29, 1.82) is 0 Å². The summed E-state index contributed by atoms with van der Waals surface area (Å²) in [6, 6.07) is 11.9. The molecule has 0 saturated carbocycles. The molecular weight excluding hydrogens is 402 g/mol. The van der Waals surface area contributed by atoms with E-state index < -0.39 is 0 Å². The van der Waals surface area contributed by atoms with E-state index in [1.54, 1.807) is 18.0 Å². The third kappa shape index (κ3) is 4.48. The van der Waals surface area contributed by atoms with E-state index in [4.69, 9.17) is 0 Å². The first kappa shape index (κ1) is 21.5. The molecule has 1 aromatic heterocycles. The van der Waals surface area contributed by atoms with Crippen LogP contribution in [0.25, 0.3) is 22.7 Å². The highest BCUT2D eigenvalue weighted by molar-refractivity contribution is 5.92. The fourth-order valence-electron chi connectivity index (χ4n) is 3.59. The molecule has 0 fully saturated rings. The molecule has 1 amide bonds. The zero-order chi connectivity index (χ0) is 22.8. The van der Waals surface area contributed by atoms with Gasteiger partial charge in [-0.25, -0.2) is 0 Å². The van der Waals surface area contributed by atoms with Gasteiger partial charge in [-0.05, 0) is 62.7 Å². The summed E-state index contributed by atoms with van der Waals surface area (Å²) >= 11 is 0. The molecule has 32 heavy (non-hydrogen) atoms. The molecule has 164 valence electrons. The number of nitrogens with one attached hydrogen (secondary N) is 1. The molecule has 0 spiro atoms. The van der Waals surface area contributed by atoms with E-state index in [1.165, 1.54) is 6.08 Å². The van der Waals surface area contributed by atoms with Crippen molar-refractivity contribution in [3.63, 3.8) is 0 Å². The molecular formula is C25H27N5O2. The summed E-state index contributed by atoms with van der Waals surface area (Å²) in [5.74, 6) is 0.0675. The van der Waals surface area contributed by atoms with E-state index in [9.17, 15) is 9.90 Å². The van der Waals surface area contributed by atoms with Crippen molar-refractivity contribution in [3.05, 3.63) is 70.1 Å². The van der Waals surface area contributed by atoms with Crippen LogP contribution in [0, 0.1) is 6.92 Å². The maximum atomic E-state index is 12.3. The van der Waals surface area contributed by atoms with Crippen LogP contribution in [0.2, 0.25) is 0 Å². The van der Waals surface area contributed by atoms with Crippen LogP contribution in [0.3, 0.4) is 0 Å². The number of amides is 1. The van der Waals surface area contributed by atoms with E-state index in [0.29, 0.717) is 12.2 Å². The topological polar surface area (TPSA) is 84.3 Å². The second kappa shape index (κ2) is 8.80. The van der Waals surface area contributed by atoms with Gasteiger partial charge in [-0.1, -0.05) is 17.7 Å². The molecule has 1 aliphatic rings. The van der Waals surface area contributed by atoms with Gasteiger partial charge in [0.1, 0.15) is 0 Å². The van der Waals surface area contributed by atoms with Crippen LogP contribution in [-0.2, 0) is 4.79 Å². The quantitative estimate of drug-likeness (QED) is 0.591. The highest BCUT2D eigenvalue weighted by atomic mass is 16.3. The number of H-pyrrole nitrogens is 1. The van der Waals surface area contributed by atoms with Gasteiger partial charge in [0, 0.05) is 47.9 Å². The lowest BCUT2D eigenvalue weighted by Crippen LogP contribution is -2.32. The van der Waals surface area contributed by atoms with Crippen LogP contribution in [0.5, 0.6) is 5.88 Å². The number of carbonyl (C=O) groups is 1. The summed E-state index contributed by atoms with van der Waals surface area (Å²) in [7, 11) is 5.74. The van der Waals surface area contributed by atoms with Crippen molar-refractivity contribution in [3.8, 4) is 5.88 Å². The first-order valence-electron chi connectivity index (χ1n) is 10.5. The maximum Gasteiger partial charge on any atom is 0.246 e. The Balaban J connectivity index is 1.62. The third-order valence-corrected chi connectivity index (χ3v) is 5.49. The fraction of sp³-hybridized carbons (Fsp3) is 0.240. The summed E-state index contributed by atoms with van der Waals surface area (Å²) < 4.78 is 0. The molecule has 0 atom stereocenters.